The molecule has 0 fully saturated rings. The number of hydrogen-bond donors (Lipinski definition) is 0. The van der Waals surface area contributed by atoms with Crippen molar-refractivity contribution in [2.75, 3.05) is 0 Å². The molecular formula is C22H17N3. The Hall–Kier alpha value is -3.20. The van der Waals surface area contributed by atoms with Crippen LogP contribution in [-0.2, 0) is 12.8 Å². The fourth-order valence-corrected chi connectivity index (χ4v) is 3.69. The van der Waals surface area contributed by atoms with Gasteiger partial charge < -0.3 is 0 Å². The topological polar surface area (TPSA) is 30.7 Å². The Kier molecular flexibility index (Phi) is 3.23. The van der Waals surface area contributed by atoms with Crippen molar-refractivity contribution in [3.63, 3.8) is 0 Å². The van der Waals surface area contributed by atoms with Gasteiger partial charge in [0.1, 0.15) is 0 Å². The first kappa shape index (κ1) is 14.2. The van der Waals surface area contributed by atoms with E-state index < -0.39 is 0 Å². The number of aryl methyl sites for hydroxylation is 1. The summed E-state index contributed by atoms with van der Waals surface area (Å²) in [7, 11) is 0. The lowest BCUT2D eigenvalue weighted by Gasteiger charge is -2.15. The van der Waals surface area contributed by atoms with Crippen LogP contribution in [0.2, 0.25) is 0 Å². The molecule has 2 heterocycles. The van der Waals surface area contributed by atoms with E-state index in [1.54, 1.807) is 0 Å². The van der Waals surface area contributed by atoms with Crippen molar-refractivity contribution in [3.8, 4) is 28.2 Å². The van der Waals surface area contributed by atoms with Gasteiger partial charge in [-0.25, -0.2) is 4.68 Å². The minimum atomic E-state index is 1.00. The Morgan fingerprint density at radius 1 is 0.800 bits per heavy atom. The minimum Gasteiger partial charge on any atom is -0.264 e. The van der Waals surface area contributed by atoms with Crippen molar-refractivity contribution >= 4 is 0 Å². The summed E-state index contributed by atoms with van der Waals surface area (Å²) in [5.41, 5.74) is 8.39. The van der Waals surface area contributed by atoms with E-state index in [-0.39, 0.29) is 0 Å². The maximum Gasteiger partial charge on any atom is 0.0969 e. The molecule has 0 aliphatic heterocycles. The van der Waals surface area contributed by atoms with E-state index in [9.17, 15) is 0 Å². The zero-order valence-corrected chi connectivity index (χ0v) is 13.8. The molecule has 0 spiro atoms. The molecule has 120 valence electrons. The molecule has 0 atom stereocenters. The van der Waals surface area contributed by atoms with Gasteiger partial charge in [0.15, 0.2) is 0 Å². The number of hydrogen-bond acceptors (Lipinski definition) is 2. The first-order chi connectivity index (χ1) is 12.4. The van der Waals surface area contributed by atoms with Crippen molar-refractivity contribution in [1.29, 1.82) is 0 Å². The molecule has 3 nitrogen and oxygen atoms in total. The lowest BCUT2D eigenvalue weighted by Crippen LogP contribution is -2.03. The van der Waals surface area contributed by atoms with Gasteiger partial charge in [-0.1, -0.05) is 42.5 Å². The zero-order valence-electron chi connectivity index (χ0n) is 13.8. The first-order valence-corrected chi connectivity index (χ1v) is 8.58. The van der Waals surface area contributed by atoms with Crippen LogP contribution in [0.5, 0.6) is 0 Å². The summed E-state index contributed by atoms with van der Waals surface area (Å²) in [4.78, 5) is 4.33. The molecule has 0 radical (unpaired) electrons. The predicted octanol–water partition coefficient (Wildman–Crippen LogP) is 4.70. The normalized spacial score (nSPS) is 12.5. The molecule has 2 aromatic heterocycles. The molecule has 2 aromatic carbocycles. The van der Waals surface area contributed by atoms with Crippen molar-refractivity contribution in [2.45, 2.75) is 12.8 Å². The third-order valence-corrected chi connectivity index (χ3v) is 4.84. The van der Waals surface area contributed by atoms with Gasteiger partial charge in [-0.2, -0.15) is 5.10 Å². The van der Waals surface area contributed by atoms with Crippen LogP contribution >= 0.6 is 0 Å². The number of nitrogens with zero attached hydrogens (tertiary/aromatic N) is 3. The largest absolute Gasteiger partial charge is 0.264 e. The van der Waals surface area contributed by atoms with E-state index in [2.05, 4.69) is 64.3 Å². The van der Waals surface area contributed by atoms with E-state index in [1.807, 2.05) is 24.5 Å². The maximum absolute atomic E-state index is 5.03. The second-order valence-electron chi connectivity index (χ2n) is 6.32. The van der Waals surface area contributed by atoms with E-state index in [4.69, 9.17) is 5.10 Å². The van der Waals surface area contributed by atoms with Crippen LogP contribution in [0.25, 0.3) is 28.2 Å². The minimum absolute atomic E-state index is 1.00. The Labute approximate surface area is 146 Å². The fraction of sp³-hybridized carbons (Fsp3) is 0.0909. The number of fused-ring (bicyclic) bond motifs is 3. The second kappa shape index (κ2) is 5.71. The smallest absolute Gasteiger partial charge is 0.0969 e. The van der Waals surface area contributed by atoms with Gasteiger partial charge in [-0.3, -0.25) is 4.98 Å². The molecule has 5 rings (SSSR count). The first-order valence-electron chi connectivity index (χ1n) is 8.58. The number of aromatic nitrogens is 3. The van der Waals surface area contributed by atoms with Gasteiger partial charge >= 0.3 is 0 Å². The highest BCUT2D eigenvalue weighted by Crippen LogP contribution is 2.39. The Balaban J connectivity index is 1.82. The van der Waals surface area contributed by atoms with Crippen LogP contribution < -0.4 is 0 Å². The Morgan fingerprint density at radius 3 is 2.48 bits per heavy atom. The third kappa shape index (κ3) is 2.28. The number of para-hydroxylation sites is 1. The lowest BCUT2D eigenvalue weighted by atomic mass is 9.88. The number of benzene rings is 2. The highest BCUT2D eigenvalue weighted by atomic mass is 15.3. The van der Waals surface area contributed by atoms with Gasteiger partial charge in [0.25, 0.3) is 0 Å². The molecule has 4 aromatic rings. The second-order valence-corrected chi connectivity index (χ2v) is 6.32. The van der Waals surface area contributed by atoms with Crippen molar-refractivity contribution in [1.82, 2.24) is 14.8 Å². The van der Waals surface area contributed by atoms with Crippen LogP contribution in [0.1, 0.15) is 11.1 Å². The monoisotopic (exact) mass is 323 g/mol. The molecule has 0 saturated carbocycles. The third-order valence-electron chi connectivity index (χ3n) is 4.84. The molecule has 1 aliphatic carbocycles. The van der Waals surface area contributed by atoms with Gasteiger partial charge in [0, 0.05) is 29.1 Å². The van der Waals surface area contributed by atoms with E-state index in [0.717, 1.165) is 35.5 Å². The quantitative estimate of drug-likeness (QED) is 0.535. The molecule has 0 N–H and O–H groups in total. The summed E-state index contributed by atoms with van der Waals surface area (Å²) in [6.45, 7) is 0. The van der Waals surface area contributed by atoms with Crippen LogP contribution in [0.4, 0.5) is 0 Å². The highest BCUT2D eigenvalue weighted by Gasteiger charge is 2.25. The van der Waals surface area contributed by atoms with Crippen molar-refractivity contribution < 1.29 is 0 Å². The SMILES string of the molecule is c1ccc(-n2nc3c(c2-c2cccnc2)CCc2ccccc2-3)cc1. The molecule has 3 heteroatoms. The average Bonchev–Trinajstić information content (AvgIpc) is 3.09. The summed E-state index contributed by atoms with van der Waals surface area (Å²) >= 11 is 0. The molecule has 0 amide bonds. The van der Waals surface area contributed by atoms with Crippen LogP contribution in [0.15, 0.2) is 79.1 Å². The van der Waals surface area contributed by atoms with Crippen LogP contribution in [0.3, 0.4) is 0 Å². The Morgan fingerprint density at radius 2 is 1.64 bits per heavy atom. The van der Waals surface area contributed by atoms with Crippen molar-refractivity contribution in [2.24, 2.45) is 0 Å². The van der Waals surface area contributed by atoms with Gasteiger partial charge in [-0.05, 0) is 42.7 Å². The lowest BCUT2D eigenvalue weighted by molar-refractivity contribution is 0.891. The van der Waals surface area contributed by atoms with Gasteiger partial charge in [0.2, 0.25) is 0 Å². The number of rotatable bonds is 2. The van der Waals surface area contributed by atoms with E-state index in [0.29, 0.717) is 0 Å². The molecular weight excluding hydrogens is 306 g/mol. The summed E-state index contributed by atoms with van der Waals surface area (Å²) in [6, 6.07) is 23.0. The standard InChI is InChI=1S/C22H17N3/c1-2-9-18(10-3-1)25-22(17-8-6-14-23-15-17)20-13-12-16-7-4-5-11-19(16)21(20)24-25/h1-11,14-15H,12-13H2. The van der Waals surface area contributed by atoms with Gasteiger partial charge in [-0.15, -0.1) is 0 Å². The predicted molar refractivity (Wildman–Crippen MR) is 99.6 cm³/mol. The van der Waals surface area contributed by atoms with Crippen molar-refractivity contribution in [3.05, 3.63) is 90.3 Å². The molecule has 0 bridgehead atoms. The maximum atomic E-state index is 5.03. The molecule has 0 unspecified atom stereocenters. The fourth-order valence-electron chi connectivity index (χ4n) is 3.69. The summed E-state index contributed by atoms with van der Waals surface area (Å²) < 4.78 is 2.07. The zero-order chi connectivity index (χ0) is 16.6. The average molecular weight is 323 g/mol. The highest BCUT2D eigenvalue weighted by molar-refractivity contribution is 5.79. The molecule has 25 heavy (non-hydrogen) atoms. The molecule has 0 saturated heterocycles. The Bertz CT molecular complexity index is 1030. The molecule has 1 aliphatic rings. The summed E-state index contributed by atoms with van der Waals surface area (Å²) in [5.74, 6) is 0. The number of pyridine rings is 1. The van der Waals surface area contributed by atoms with Crippen LogP contribution in [0, 0.1) is 0 Å². The van der Waals surface area contributed by atoms with Crippen LogP contribution in [-0.4, -0.2) is 14.8 Å². The summed E-state index contributed by atoms with van der Waals surface area (Å²) in [6.07, 6.45) is 5.80. The van der Waals surface area contributed by atoms with E-state index >= 15 is 0 Å². The summed E-state index contributed by atoms with van der Waals surface area (Å²) in [5, 5.41) is 5.03. The van der Waals surface area contributed by atoms with E-state index in [1.165, 1.54) is 16.7 Å². The van der Waals surface area contributed by atoms with Gasteiger partial charge in [0.05, 0.1) is 17.1 Å².